The zero-order valence-corrected chi connectivity index (χ0v) is 13.2. The van der Waals surface area contributed by atoms with Gasteiger partial charge in [-0.1, -0.05) is 18.2 Å². The molecule has 0 bridgehead atoms. The Kier molecular flexibility index (Phi) is 3.96. The average molecular weight is 334 g/mol. The summed E-state index contributed by atoms with van der Waals surface area (Å²) in [4.78, 5) is 17.3. The first kappa shape index (κ1) is 16.3. The van der Waals surface area contributed by atoms with Crippen molar-refractivity contribution in [2.45, 2.75) is 32.6 Å². The van der Waals surface area contributed by atoms with Gasteiger partial charge in [-0.15, -0.1) is 0 Å². The van der Waals surface area contributed by atoms with Crippen LogP contribution in [0.4, 0.5) is 14.5 Å². The van der Waals surface area contributed by atoms with Crippen LogP contribution in [0.15, 0.2) is 36.4 Å². The van der Waals surface area contributed by atoms with Crippen LogP contribution in [0.5, 0.6) is 5.75 Å². The number of hydrogen-bond donors (Lipinski definition) is 1. The van der Waals surface area contributed by atoms with Gasteiger partial charge in [-0.2, -0.15) is 8.78 Å². The van der Waals surface area contributed by atoms with Crippen LogP contribution in [0, 0.1) is 6.92 Å². The monoisotopic (exact) mass is 334 g/mol. The molecule has 0 spiro atoms. The van der Waals surface area contributed by atoms with Gasteiger partial charge < -0.3 is 9.84 Å². The Morgan fingerprint density at radius 3 is 2.67 bits per heavy atom. The van der Waals surface area contributed by atoms with Crippen molar-refractivity contribution in [2.75, 3.05) is 4.90 Å². The standard InChI is InChI=1S/C17H16F2N2O3/c1-10-5-3-6-12(20-10)9-21-14-8-4-7-13(11(2)22)15(14)24-17(18,19)16(21)23/h3-8,11,22H,9H2,1-2H3/t11-/m1/s1. The third kappa shape index (κ3) is 2.82. The van der Waals surface area contributed by atoms with E-state index >= 15 is 0 Å². The smallest absolute Gasteiger partial charge is 0.423 e. The molecule has 2 heterocycles. The van der Waals surface area contributed by atoms with Crippen LogP contribution < -0.4 is 9.64 Å². The van der Waals surface area contributed by atoms with E-state index in [0.29, 0.717) is 5.69 Å². The molecule has 0 radical (unpaired) electrons. The van der Waals surface area contributed by atoms with Crippen LogP contribution in [-0.4, -0.2) is 22.1 Å². The lowest BCUT2D eigenvalue weighted by Crippen LogP contribution is -2.50. The number of pyridine rings is 1. The first-order valence-corrected chi connectivity index (χ1v) is 7.42. The summed E-state index contributed by atoms with van der Waals surface area (Å²) in [7, 11) is 0. The largest absolute Gasteiger partial charge is 0.483 e. The number of rotatable bonds is 3. The zero-order valence-electron chi connectivity index (χ0n) is 13.2. The minimum absolute atomic E-state index is 0.115. The molecule has 0 unspecified atom stereocenters. The summed E-state index contributed by atoms with van der Waals surface area (Å²) in [5.74, 6) is -1.65. The molecule has 0 saturated heterocycles. The van der Waals surface area contributed by atoms with Crippen molar-refractivity contribution in [3.05, 3.63) is 53.3 Å². The number of aliphatic hydroxyl groups is 1. The number of aromatic nitrogens is 1. The number of carbonyl (C=O) groups excluding carboxylic acids is 1. The Labute approximate surface area is 137 Å². The van der Waals surface area contributed by atoms with Crippen LogP contribution in [0.1, 0.15) is 30.0 Å². The van der Waals surface area contributed by atoms with Crippen molar-refractivity contribution in [3.8, 4) is 5.75 Å². The van der Waals surface area contributed by atoms with Crippen LogP contribution in [0.2, 0.25) is 0 Å². The van der Waals surface area contributed by atoms with E-state index in [4.69, 9.17) is 0 Å². The fourth-order valence-electron chi connectivity index (χ4n) is 2.64. The second-order valence-corrected chi connectivity index (χ2v) is 5.65. The van der Waals surface area contributed by atoms with Gasteiger partial charge in [0.05, 0.1) is 24.0 Å². The molecule has 126 valence electrons. The lowest BCUT2D eigenvalue weighted by atomic mass is 10.1. The number of alkyl halides is 2. The van der Waals surface area contributed by atoms with Gasteiger partial charge in [-0.05, 0) is 32.0 Å². The van der Waals surface area contributed by atoms with Crippen LogP contribution in [0.3, 0.4) is 0 Å². The highest BCUT2D eigenvalue weighted by Gasteiger charge is 2.51. The van der Waals surface area contributed by atoms with Gasteiger partial charge in [-0.25, -0.2) is 0 Å². The number of ether oxygens (including phenoxy) is 1. The maximum absolute atomic E-state index is 14.0. The molecule has 1 aromatic carbocycles. The van der Waals surface area contributed by atoms with E-state index in [1.54, 1.807) is 31.2 Å². The van der Waals surface area contributed by atoms with E-state index in [0.717, 1.165) is 10.6 Å². The number of carbonyl (C=O) groups is 1. The molecule has 1 aromatic heterocycles. The summed E-state index contributed by atoms with van der Waals surface area (Å²) in [5.41, 5.74) is 1.59. The Bertz CT molecular complexity index is 793. The zero-order chi connectivity index (χ0) is 17.5. The molecule has 7 heteroatoms. The Morgan fingerprint density at radius 2 is 2.00 bits per heavy atom. The number of amides is 1. The highest BCUT2D eigenvalue weighted by molar-refractivity contribution is 6.01. The van der Waals surface area contributed by atoms with Crippen LogP contribution >= 0.6 is 0 Å². The molecule has 5 nitrogen and oxygen atoms in total. The maximum Gasteiger partial charge on any atom is 0.483 e. The summed E-state index contributed by atoms with van der Waals surface area (Å²) in [5, 5.41) is 9.79. The second kappa shape index (κ2) is 5.83. The molecule has 0 aliphatic carbocycles. The Balaban J connectivity index is 2.09. The third-order valence-corrected chi connectivity index (χ3v) is 3.76. The Hall–Kier alpha value is -2.54. The number of benzene rings is 1. The molecule has 1 atom stereocenters. The van der Waals surface area contributed by atoms with E-state index in [9.17, 15) is 18.7 Å². The topological polar surface area (TPSA) is 62.7 Å². The number of fused-ring (bicyclic) bond motifs is 1. The quantitative estimate of drug-likeness (QED) is 0.937. The van der Waals surface area contributed by atoms with Crippen molar-refractivity contribution in [1.29, 1.82) is 0 Å². The fourth-order valence-corrected chi connectivity index (χ4v) is 2.64. The first-order valence-electron chi connectivity index (χ1n) is 7.42. The molecule has 1 aliphatic rings. The second-order valence-electron chi connectivity index (χ2n) is 5.65. The van der Waals surface area contributed by atoms with E-state index < -0.39 is 18.1 Å². The summed E-state index contributed by atoms with van der Waals surface area (Å²) < 4.78 is 32.7. The van der Waals surface area contributed by atoms with Gasteiger partial charge in [0.25, 0.3) is 0 Å². The van der Waals surface area contributed by atoms with Gasteiger partial charge in [0.15, 0.2) is 5.75 Å². The molecule has 1 N–H and O–H groups in total. The van der Waals surface area contributed by atoms with Gasteiger partial charge >= 0.3 is 12.0 Å². The number of hydrogen-bond acceptors (Lipinski definition) is 4. The average Bonchev–Trinajstić information content (AvgIpc) is 2.51. The van der Waals surface area contributed by atoms with Crippen molar-refractivity contribution in [3.63, 3.8) is 0 Å². The highest BCUT2D eigenvalue weighted by atomic mass is 19.3. The van der Waals surface area contributed by atoms with Gasteiger partial charge in [0.2, 0.25) is 0 Å². The van der Waals surface area contributed by atoms with Crippen molar-refractivity contribution in [1.82, 2.24) is 4.98 Å². The number of halogens is 2. The van der Waals surface area contributed by atoms with Crippen molar-refractivity contribution >= 4 is 11.6 Å². The number of aliphatic hydroxyl groups excluding tert-OH is 1. The molecule has 0 saturated carbocycles. The maximum atomic E-state index is 14.0. The van der Waals surface area contributed by atoms with E-state index in [1.165, 1.54) is 19.1 Å². The van der Waals surface area contributed by atoms with Crippen molar-refractivity contribution in [2.24, 2.45) is 0 Å². The summed E-state index contributed by atoms with van der Waals surface area (Å²) in [6.45, 7) is 3.11. The lowest BCUT2D eigenvalue weighted by Gasteiger charge is -2.34. The van der Waals surface area contributed by atoms with Gasteiger partial charge in [-0.3, -0.25) is 14.7 Å². The first-order chi connectivity index (χ1) is 11.3. The SMILES string of the molecule is Cc1cccc(CN2C(=O)C(F)(F)Oc3c([C@@H](C)O)cccc32)n1. The summed E-state index contributed by atoms with van der Waals surface area (Å²) in [6.07, 6.45) is -5.01. The number of aryl methyl sites for hydroxylation is 1. The van der Waals surface area contributed by atoms with Gasteiger partial charge in [0, 0.05) is 11.3 Å². The minimum Gasteiger partial charge on any atom is -0.423 e. The molecular weight excluding hydrogens is 318 g/mol. The molecule has 1 aliphatic heterocycles. The minimum atomic E-state index is -4.00. The molecule has 24 heavy (non-hydrogen) atoms. The van der Waals surface area contributed by atoms with E-state index in [1.807, 2.05) is 0 Å². The fraction of sp³-hybridized carbons (Fsp3) is 0.294. The van der Waals surface area contributed by atoms with Crippen LogP contribution in [0.25, 0.3) is 0 Å². The molecule has 0 fully saturated rings. The Morgan fingerprint density at radius 1 is 1.29 bits per heavy atom. The molecule has 1 amide bonds. The van der Waals surface area contributed by atoms with Crippen LogP contribution in [-0.2, 0) is 11.3 Å². The molecule has 3 rings (SSSR count). The van der Waals surface area contributed by atoms with E-state index in [-0.39, 0.29) is 23.5 Å². The predicted octanol–water partition coefficient (Wildman–Crippen LogP) is 2.96. The summed E-state index contributed by atoms with van der Waals surface area (Å²) >= 11 is 0. The molecular formula is C17H16F2N2O3. The normalized spacial score (nSPS) is 17.2. The van der Waals surface area contributed by atoms with Crippen molar-refractivity contribution < 1.29 is 23.4 Å². The van der Waals surface area contributed by atoms with E-state index in [2.05, 4.69) is 9.72 Å². The number of para-hydroxylation sites is 1. The summed E-state index contributed by atoms with van der Waals surface area (Å²) in [6, 6.07) is 9.75. The lowest BCUT2D eigenvalue weighted by molar-refractivity contribution is -0.193. The number of nitrogens with zero attached hydrogens (tertiary/aromatic N) is 2. The highest BCUT2D eigenvalue weighted by Crippen LogP contribution is 2.44. The predicted molar refractivity (Wildman–Crippen MR) is 82.8 cm³/mol. The third-order valence-electron chi connectivity index (χ3n) is 3.76. The molecule has 2 aromatic rings. The number of anilines is 1. The van der Waals surface area contributed by atoms with Gasteiger partial charge in [0.1, 0.15) is 0 Å².